The van der Waals surface area contributed by atoms with Crippen molar-refractivity contribution in [1.82, 2.24) is 4.57 Å². The van der Waals surface area contributed by atoms with E-state index in [1.54, 1.807) is 0 Å². The van der Waals surface area contributed by atoms with Crippen LogP contribution in [-0.2, 0) is 16.0 Å². The molecule has 2 N–H and O–H groups in total. The highest BCUT2D eigenvalue weighted by Crippen LogP contribution is 2.29. The average Bonchev–Trinajstić information content (AvgIpc) is 3.50. The van der Waals surface area contributed by atoms with E-state index >= 15 is 8.78 Å². The second kappa shape index (κ2) is 13.3. The maximum absolute atomic E-state index is 15.4. The standard InChI is InChI=1S/C34H30F4N2O4/c35-22-13-14-25(27(36)19-22)32(42)26-15-16-30(41)40(33(26)39)31-28(37)17-20(18-29(31)38)7-6-12-24(21-8-2-1-3-9-21)34(43)44-23-10-4-5-11-23/h1-3,8-9,13-19,23-24H,4-7,10-12,39H2/t24-/m0/s1. The van der Waals surface area contributed by atoms with Gasteiger partial charge in [-0.3, -0.25) is 19.0 Å². The zero-order valence-electron chi connectivity index (χ0n) is 23.7. The van der Waals surface area contributed by atoms with E-state index in [1.807, 2.05) is 30.3 Å². The lowest BCUT2D eigenvalue weighted by atomic mass is 9.92. The number of ether oxygens (including phenoxy) is 1. The molecule has 0 saturated heterocycles. The fraction of sp³-hybridized carbons (Fsp3) is 0.265. The summed E-state index contributed by atoms with van der Waals surface area (Å²) in [7, 11) is 0. The van der Waals surface area contributed by atoms with Crippen LogP contribution in [0.1, 0.15) is 71.5 Å². The Bertz CT molecular complexity index is 1730. The molecule has 0 aliphatic heterocycles. The molecule has 10 heteroatoms. The lowest BCUT2D eigenvalue weighted by Gasteiger charge is -2.20. The Kier molecular flexibility index (Phi) is 9.27. The van der Waals surface area contributed by atoms with Gasteiger partial charge < -0.3 is 10.5 Å². The number of nitrogens with zero attached hydrogens (tertiary/aromatic N) is 1. The first kappa shape index (κ1) is 30.7. The second-order valence-electron chi connectivity index (χ2n) is 10.9. The number of aryl methyl sites for hydroxylation is 1. The van der Waals surface area contributed by atoms with Gasteiger partial charge in [-0.25, -0.2) is 17.6 Å². The maximum Gasteiger partial charge on any atom is 0.313 e. The molecule has 5 rings (SSSR count). The molecule has 1 aliphatic rings. The van der Waals surface area contributed by atoms with Crippen molar-refractivity contribution in [2.24, 2.45) is 0 Å². The summed E-state index contributed by atoms with van der Waals surface area (Å²) >= 11 is 0. The molecule has 1 aromatic heterocycles. The van der Waals surface area contributed by atoms with Gasteiger partial charge in [0.05, 0.1) is 17.0 Å². The highest BCUT2D eigenvalue weighted by molar-refractivity contribution is 6.11. The first-order valence-corrected chi connectivity index (χ1v) is 14.4. The van der Waals surface area contributed by atoms with Crippen molar-refractivity contribution in [2.75, 3.05) is 5.73 Å². The summed E-state index contributed by atoms with van der Waals surface area (Å²) in [4.78, 5) is 38.7. The highest BCUT2D eigenvalue weighted by Gasteiger charge is 2.27. The number of carbonyl (C=O) groups is 2. The molecule has 1 atom stereocenters. The first-order valence-electron chi connectivity index (χ1n) is 14.4. The van der Waals surface area contributed by atoms with Crippen molar-refractivity contribution in [3.05, 3.63) is 129 Å². The number of aromatic nitrogens is 1. The van der Waals surface area contributed by atoms with Gasteiger partial charge in [0.2, 0.25) is 0 Å². The van der Waals surface area contributed by atoms with E-state index in [1.165, 1.54) is 0 Å². The molecule has 0 amide bonds. The Hall–Kier alpha value is -4.73. The molecule has 0 radical (unpaired) electrons. The van der Waals surface area contributed by atoms with Crippen molar-refractivity contribution >= 4 is 17.6 Å². The summed E-state index contributed by atoms with van der Waals surface area (Å²) in [6, 6.07) is 15.5. The quantitative estimate of drug-likeness (QED) is 0.122. The van der Waals surface area contributed by atoms with Crippen LogP contribution in [0.3, 0.4) is 0 Å². The van der Waals surface area contributed by atoms with Gasteiger partial charge in [-0.15, -0.1) is 0 Å². The molecule has 0 spiro atoms. The predicted molar refractivity (Wildman–Crippen MR) is 157 cm³/mol. The van der Waals surface area contributed by atoms with Crippen LogP contribution in [0, 0.1) is 23.3 Å². The van der Waals surface area contributed by atoms with E-state index in [2.05, 4.69) is 0 Å². The van der Waals surface area contributed by atoms with Crippen LogP contribution in [0.15, 0.2) is 77.6 Å². The van der Waals surface area contributed by atoms with Gasteiger partial charge in [-0.1, -0.05) is 30.3 Å². The zero-order chi connectivity index (χ0) is 31.4. The summed E-state index contributed by atoms with van der Waals surface area (Å²) in [5.41, 5.74) is 4.48. The molecule has 0 bridgehead atoms. The number of carbonyl (C=O) groups excluding carboxylic acids is 2. The van der Waals surface area contributed by atoms with Crippen molar-refractivity contribution in [2.45, 2.75) is 57.0 Å². The molecule has 4 aromatic rings. The highest BCUT2D eigenvalue weighted by atomic mass is 19.1. The molecule has 1 aliphatic carbocycles. The number of nitrogens with two attached hydrogens (primary N) is 1. The molecule has 228 valence electrons. The monoisotopic (exact) mass is 606 g/mol. The number of rotatable bonds is 10. The topological polar surface area (TPSA) is 91.4 Å². The number of nitrogen functional groups attached to an aromatic ring is 1. The maximum atomic E-state index is 15.4. The van der Waals surface area contributed by atoms with Crippen LogP contribution >= 0.6 is 0 Å². The van der Waals surface area contributed by atoms with Crippen LogP contribution in [0.25, 0.3) is 5.69 Å². The third kappa shape index (κ3) is 6.59. The van der Waals surface area contributed by atoms with Crippen molar-refractivity contribution < 1.29 is 31.9 Å². The van der Waals surface area contributed by atoms with Crippen molar-refractivity contribution in [3.63, 3.8) is 0 Å². The Morgan fingerprint density at radius 3 is 2.18 bits per heavy atom. The molecule has 1 saturated carbocycles. The Morgan fingerprint density at radius 1 is 0.864 bits per heavy atom. The molecular formula is C34H30F4N2O4. The summed E-state index contributed by atoms with van der Waals surface area (Å²) in [6.45, 7) is 0. The number of pyridine rings is 1. The predicted octanol–water partition coefficient (Wildman–Crippen LogP) is 6.80. The van der Waals surface area contributed by atoms with Crippen LogP contribution in [0.5, 0.6) is 0 Å². The van der Waals surface area contributed by atoms with Gasteiger partial charge in [0, 0.05) is 12.1 Å². The SMILES string of the molecule is Nc1c(C(=O)c2ccc(F)cc2F)ccc(=O)n1-c1c(F)cc(CCC[C@H](C(=O)OC2CCCC2)c2ccccc2)cc1F. The normalized spacial score (nSPS) is 14.0. The van der Waals surface area contributed by atoms with Gasteiger partial charge >= 0.3 is 5.97 Å². The molecule has 1 fully saturated rings. The van der Waals surface area contributed by atoms with E-state index in [-0.39, 0.29) is 24.1 Å². The molecular weight excluding hydrogens is 576 g/mol. The van der Waals surface area contributed by atoms with Crippen LogP contribution in [-0.4, -0.2) is 22.4 Å². The van der Waals surface area contributed by atoms with Crippen molar-refractivity contribution in [3.8, 4) is 5.69 Å². The Labute approximate surface area is 251 Å². The van der Waals surface area contributed by atoms with Gasteiger partial charge in [-0.05, 0) is 86.4 Å². The smallest absolute Gasteiger partial charge is 0.313 e. The lowest BCUT2D eigenvalue weighted by molar-refractivity contribution is -0.150. The molecule has 6 nitrogen and oxygen atoms in total. The minimum absolute atomic E-state index is 0.0937. The Balaban J connectivity index is 1.36. The summed E-state index contributed by atoms with van der Waals surface area (Å²) < 4.78 is 64.7. The number of ketones is 1. The minimum atomic E-state index is -1.16. The van der Waals surface area contributed by atoms with Crippen LogP contribution in [0.2, 0.25) is 0 Å². The number of hydrogen-bond acceptors (Lipinski definition) is 5. The summed E-state index contributed by atoms with van der Waals surface area (Å²) in [5, 5.41) is 0. The summed E-state index contributed by atoms with van der Waals surface area (Å²) in [5.74, 6) is -6.72. The minimum Gasteiger partial charge on any atom is -0.462 e. The Morgan fingerprint density at radius 2 is 1.52 bits per heavy atom. The number of halogens is 4. The van der Waals surface area contributed by atoms with Crippen LogP contribution < -0.4 is 11.3 Å². The van der Waals surface area contributed by atoms with E-state index in [4.69, 9.17) is 10.5 Å². The first-order chi connectivity index (χ1) is 21.1. The van der Waals surface area contributed by atoms with Crippen molar-refractivity contribution in [1.29, 1.82) is 0 Å². The second-order valence-corrected chi connectivity index (χ2v) is 10.9. The fourth-order valence-electron chi connectivity index (χ4n) is 5.64. The fourth-order valence-corrected chi connectivity index (χ4v) is 5.64. The summed E-state index contributed by atoms with van der Waals surface area (Å²) in [6.07, 6.45) is 4.64. The third-order valence-electron chi connectivity index (χ3n) is 7.88. The van der Waals surface area contributed by atoms with E-state index in [9.17, 15) is 23.2 Å². The average molecular weight is 607 g/mol. The number of hydrogen-bond donors (Lipinski definition) is 1. The largest absolute Gasteiger partial charge is 0.462 e. The van der Waals surface area contributed by atoms with Gasteiger partial charge in [0.1, 0.15) is 29.2 Å². The zero-order valence-corrected chi connectivity index (χ0v) is 23.7. The number of esters is 1. The van der Waals surface area contributed by atoms with Gasteiger partial charge in [-0.2, -0.15) is 0 Å². The van der Waals surface area contributed by atoms with Gasteiger partial charge in [0.15, 0.2) is 17.4 Å². The molecule has 44 heavy (non-hydrogen) atoms. The van der Waals surface area contributed by atoms with E-state index < -0.39 is 63.2 Å². The van der Waals surface area contributed by atoms with Crippen LogP contribution in [0.4, 0.5) is 23.4 Å². The molecule has 1 heterocycles. The number of benzene rings is 3. The lowest BCUT2D eigenvalue weighted by Crippen LogP contribution is -2.25. The number of anilines is 1. The molecule has 0 unspecified atom stereocenters. The molecule has 3 aromatic carbocycles. The third-order valence-corrected chi connectivity index (χ3v) is 7.88. The van der Waals surface area contributed by atoms with E-state index in [0.29, 0.717) is 23.5 Å². The van der Waals surface area contributed by atoms with Gasteiger partial charge in [0.25, 0.3) is 5.56 Å². The van der Waals surface area contributed by atoms with E-state index in [0.717, 1.165) is 67.6 Å².